The zero-order valence-electron chi connectivity index (χ0n) is 6.90. The quantitative estimate of drug-likeness (QED) is 0.692. The molecule has 1 rings (SSSR count). The molecule has 3 nitrogen and oxygen atoms in total. The van der Waals surface area contributed by atoms with Crippen LogP contribution in [-0.4, -0.2) is 46.7 Å². The molecule has 0 aliphatic heterocycles. The average Bonchev–Trinajstić information content (AvgIpc) is 2.08. The van der Waals surface area contributed by atoms with Gasteiger partial charge in [0, 0.05) is 0 Å². The Balaban J connectivity index is 0.00000169. The Morgan fingerprint density at radius 3 is 2.36 bits per heavy atom. The Morgan fingerprint density at radius 1 is 1.43 bits per heavy atom. The van der Waals surface area contributed by atoms with Crippen LogP contribution in [0.25, 0.3) is 0 Å². The Labute approximate surface area is 103 Å². The SMILES string of the molecule is N[C@@H](Cc1ccc(F)cc1)C(=O)O.[NaH]. The maximum absolute atomic E-state index is 12.4. The van der Waals surface area contributed by atoms with Crippen LogP contribution < -0.4 is 5.73 Å². The fourth-order valence-corrected chi connectivity index (χ4v) is 0.962. The molecular weight excluding hydrogens is 196 g/mol. The second-order valence-electron chi connectivity index (χ2n) is 2.78. The maximum atomic E-state index is 12.4. The van der Waals surface area contributed by atoms with Crippen molar-refractivity contribution in [2.24, 2.45) is 5.73 Å². The van der Waals surface area contributed by atoms with Gasteiger partial charge in [-0.25, -0.2) is 4.39 Å². The zero-order chi connectivity index (χ0) is 9.84. The summed E-state index contributed by atoms with van der Waals surface area (Å²) in [4.78, 5) is 10.4. The predicted molar refractivity (Wildman–Crippen MR) is 52.9 cm³/mol. The van der Waals surface area contributed by atoms with Crippen LogP contribution >= 0.6 is 0 Å². The predicted octanol–water partition coefficient (Wildman–Crippen LogP) is 0.132. The van der Waals surface area contributed by atoms with Gasteiger partial charge in [0.15, 0.2) is 0 Å². The van der Waals surface area contributed by atoms with E-state index in [2.05, 4.69) is 0 Å². The molecule has 0 heterocycles. The van der Waals surface area contributed by atoms with Crippen LogP contribution in [0.15, 0.2) is 24.3 Å². The van der Waals surface area contributed by atoms with Gasteiger partial charge in [-0.15, -0.1) is 0 Å². The van der Waals surface area contributed by atoms with Crippen LogP contribution in [0.1, 0.15) is 5.56 Å². The summed E-state index contributed by atoms with van der Waals surface area (Å²) >= 11 is 0. The topological polar surface area (TPSA) is 63.3 Å². The number of nitrogens with two attached hydrogens (primary N) is 1. The van der Waals surface area contributed by atoms with Gasteiger partial charge in [-0.05, 0) is 24.1 Å². The minimum atomic E-state index is -1.05. The van der Waals surface area contributed by atoms with Crippen molar-refractivity contribution in [2.45, 2.75) is 12.5 Å². The van der Waals surface area contributed by atoms with Crippen LogP contribution in [0.3, 0.4) is 0 Å². The normalized spacial score (nSPS) is 11.6. The first-order valence-corrected chi connectivity index (χ1v) is 3.82. The first-order valence-electron chi connectivity index (χ1n) is 3.82. The van der Waals surface area contributed by atoms with Gasteiger partial charge in [-0.2, -0.15) is 0 Å². The van der Waals surface area contributed by atoms with Crippen molar-refractivity contribution in [3.8, 4) is 0 Å². The number of aliphatic carboxylic acids is 1. The first-order chi connectivity index (χ1) is 6.09. The molecule has 1 aromatic carbocycles. The summed E-state index contributed by atoms with van der Waals surface area (Å²) < 4.78 is 12.4. The van der Waals surface area contributed by atoms with Gasteiger partial charge < -0.3 is 10.8 Å². The van der Waals surface area contributed by atoms with Crippen molar-refractivity contribution in [2.75, 3.05) is 0 Å². The Morgan fingerprint density at radius 2 is 1.93 bits per heavy atom. The summed E-state index contributed by atoms with van der Waals surface area (Å²) in [6, 6.07) is 4.69. The molecule has 0 radical (unpaired) electrons. The van der Waals surface area contributed by atoms with Crippen molar-refractivity contribution < 1.29 is 14.3 Å². The van der Waals surface area contributed by atoms with Gasteiger partial charge in [0.2, 0.25) is 0 Å². The average molecular weight is 207 g/mol. The molecule has 5 heteroatoms. The van der Waals surface area contributed by atoms with Crippen LogP contribution in [-0.2, 0) is 11.2 Å². The Hall–Kier alpha value is -0.420. The monoisotopic (exact) mass is 207 g/mol. The van der Waals surface area contributed by atoms with Crippen molar-refractivity contribution >= 4 is 35.5 Å². The number of rotatable bonds is 3. The fourth-order valence-electron chi connectivity index (χ4n) is 0.962. The van der Waals surface area contributed by atoms with Gasteiger partial charge in [-0.1, -0.05) is 12.1 Å². The summed E-state index contributed by atoms with van der Waals surface area (Å²) in [6.45, 7) is 0. The third kappa shape index (κ3) is 4.19. The molecule has 14 heavy (non-hydrogen) atoms. The molecular formula is C9H11FNNaO2. The number of carboxylic acids is 1. The van der Waals surface area contributed by atoms with Crippen LogP contribution in [0.2, 0.25) is 0 Å². The van der Waals surface area contributed by atoms with Gasteiger partial charge in [-0.3, -0.25) is 4.79 Å². The summed E-state index contributed by atoms with van der Waals surface area (Å²) in [5.74, 6) is -1.39. The van der Waals surface area contributed by atoms with Crippen LogP contribution in [0.4, 0.5) is 4.39 Å². The van der Waals surface area contributed by atoms with Gasteiger partial charge in [0.05, 0.1) is 0 Å². The fraction of sp³-hybridized carbons (Fsp3) is 0.222. The minimum absolute atomic E-state index is 0. The van der Waals surface area contributed by atoms with Gasteiger partial charge in [0.25, 0.3) is 0 Å². The summed E-state index contributed by atoms with van der Waals surface area (Å²) in [6.07, 6.45) is 0.218. The molecule has 1 atom stereocenters. The molecule has 0 saturated heterocycles. The number of benzene rings is 1. The summed E-state index contributed by atoms with van der Waals surface area (Å²) in [5, 5.41) is 8.50. The second kappa shape index (κ2) is 6.14. The third-order valence-corrected chi connectivity index (χ3v) is 1.69. The number of halogens is 1. The molecule has 0 unspecified atom stereocenters. The van der Waals surface area contributed by atoms with Crippen molar-refractivity contribution in [1.82, 2.24) is 0 Å². The molecule has 0 aliphatic rings. The van der Waals surface area contributed by atoms with Crippen molar-refractivity contribution in [1.29, 1.82) is 0 Å². The molecule has 1 aromatic rings. The standard InChI is InChI=1S/C9H10FNO2.Na.H/c10-7-3-1-6(2-4-7)5-8(11)9(12)13;;/h1-4,8H,5,11H2,(H,12,13);;/t8-;;/m0../s1. The van der Waals surface area contributed by atoms with E-state index in [1.165, 1.54) is 24.3 Å². The molecule has 72 valence electrons. The third-order valence-electron chi connectivity index (χ3n) is 1.69. The van der Waals surface area contributed by atoms with E-state index in [1.54, 1.807) is 0 Å². The molecule has 0 amide bonds. The van der Waals surface area contributed by atoms with Gasteiger partial charge >= 0.3 is 35.5 Å². The van der Waals surface area contributed by atoms with E-state index in [0.29, 0.717) is 0 Å². The van der Waals surface area contributed by atoms with Crippen molar-refractivity contribution in [3.05, 3.63) is 35.6 Å². The van der Waals surface area contributed by atoms with E-state index >= 15 is 0 Å². The van der Waals surface area contributed by atoms with E-state index < -0.39 is 12.0 Å². The van der Waals surface area contributed by atoms with E-state index in [4.69, 9.17) is 10.8 Å². The first kappa shape index (κ1) is 13.6. The van der Waals surface area contributed by atoms with E-state index in [0.717, 1.165) is 5.56 Å². The number of carbonyl (C=O) groups is 1. The number of carboxylic acid groups (broad SMARTS) is 1. The zero-order valence-corrected chi connectivity index (χ0v) is 6.90. The molecule has 3 N–H and O–H groups in total. The van der Waals surface area contributed by atoms with Crippen LogP contribution in [0.5, 0.6) is 0 Å². The molecule has 0 bridgehead atoms. The molecule has 0 aliphatic carbocycles. The number of hydrogen-bond donors (Lipinski definition) is 2. The van der Waals surface area contributed by atoms with Gasteiger partial charge in [0.1, 0.15) is 11.9 Å². The molecule has 0 aromatic heterocycles. The Bertz CT molecular complexity index is 302. The molecule has 0 spiro atoms. The Kier molecular flexibility index (Phi) is 5.95. The summed E-state index contributed by atoms with van der Waals surface area (Å²) in [7, 11) is 0. The van der Waals surface area contributed by atoms with E-state index in [-0.39, 0.29) is 41.8 Å². The molecule has 0 fully saturated rings. The number of hydrogen-bond acceptors (Lipinski definition) is 2. The van der Waals surface area contributed by atoms with Crippen LogP contribution in [0, 0.1) is 5.82 Å². The summed E-state index contributed by atoms with van der Waals surface area (Å²) in [5.41, 5.74) is 6.01. The van der Waals surface area contributed by atoms with Crippen molar-refractivity contribution in [3.63, 3.8) is 0 Å². The second-order valence-corrected chi connectivity index (χ2v) is 2.78. The van der Waals surface area contributed by atoms with E-state index in [9.17, 15) is 9.18 Å². The van der Waals surface area contributed by atoms with E-state index in [1.807, 2.05) is 0 Å². The molecule has 0 saturated carbocycles.